The third kappa shape index (κ3) is 2.51. The molecule has 1 aromatic carbocycles. The van der Waals surface area contributed by atoms with Gasteiger partial charge in [0.25, 0.3) is 0 Å². The summed E-state index contributed by atoms with van der Waals surface area (Å²) in [7, 11) is 1.63. The van der Waals surface area contributed by atoms with Crippen molar-refractivity contribution in [2.45, 2.75) is 25.3 Å². The number of hydrogen-bond donors (Lipinski definition) is 1. The third-order valence-electron chi connectivity index (χ3n) is 4.03. The van der Waals surface area contributed by atoms with E-state index >= 15 is 0 Å². The van der Waals surface area contributed by atoms with Crippen molar-refractivity contribution in [1.82, 2.24) is 4.98 Å². The van der Waals surface area contributed by atoms with Crippen molar-refractivity contribution in [2.75, 3.05) is 18.6 Å². The fourth-order valence-electron chi connectivity index (χ4n) is 3.12. The van der Waals surface area contributed by atoms with Gasteiger partial charge in [-0.05, 0) is 25.0 Å². The predicted octanol–water partition coefficient (Wildman–Crippen LogP) is 2.69. The summed E-state index contributed by atoms with van der Waals surface area (Å²) in [5.74, 6) is -0.00817. The maximum atomic E-state index is 11.0. The number of carbonyl (C=O) groups is 1. The van der Waals surface area contributed by atoms with Gasteiger partial charge >= 0.3 is 5.97 Å². The van der Waals surface area contributed by atoms with Crippen LogP contribution in [0.5, 0.6) is 5.75 Å². The molecule has 110 valence electrons. The first kappa shape index (κ1) is 13.7. The molecular formula is C16H18N2O3. The summed E-state index contributed by atoms with van der Waals surface area (Å²) in [5.41, 5.74) is 1.86. The Morgan fingerprint density at radius 3 is 3.10 bits per heavy atom. The molecule has 2 aromatic rings. The van der Waals surface area contributed by atoms with E-state index in [0.717, 1.165) is 41.7 Å². The summed E-state index contributed by atoms with van der Waals surface area (Å²) in [4.78, 5) is 17.6. The van der Waals surface area contributed by atoms with Gasteiger partial charge in [0.1, 0.15) is 11.3 Å². The summed E-state index contributed by atoms with van der Waals surface area (Å²) in [6.45, 7) is 0.883. The number of ether oxygens (including phenoxy) is 1. The highest BCUT2D eigenvalue weighted by Gasteiger charge is 2.28. The molecule has 5 nitrogen and oxygen atoms in total. The summed E-state index contributed by atoms with van der Waals surface area (Å²) >= 11 is 0. The number of rotatable bonds is 4. The van der Waals surface area contributed by atoms with E-state index in [4.69, 9.17) is 9.84 Å². The van der Waals surface area contributed by atoms with Gasteiger partial charge in [-0.3, -0.25) is 9.78 Å². The lowest BCUT2D eigenvalue weighted by molar-refractivity contribution is -0.137. The largest absolute Gasteiger partial charge is 0.494 e. The van der Waals surface area contributed by atoms with Crippen molar-refractivity contribution in [1.29, 1.82) is 0 Å². The van der Waals surface area contributed by atoms with Gasteiger partial charge in [-0.1, -0.05) is 12.1 Å². The molecule has 1 atom stereocenters. The monoisotopic (exact) mass is 286 g/mol. The molecule has 1 N–H and O–H groups in total. The molecule has 1 aromatic heterocycles. The van der Waals surface area contributed by atoms with Gasteiger partial charge in [-0.25, -0.2) is 0 Å². The van der Waals surface area contributed by atoms with Crippen LogP contribution in [0.15, 0.2) is 30.5 Å². The molecule has 5 heteroatoms. The lowest BCUT2D eigenvalue weighted by atomic mass is 10.1. The molecule has 1 aliphatic heterocycles. The number of carboxylic acid groups (broad SMARTS) is 1. The summed E-state index contributed by atoms with van der Waals surface area (Å²) < 4.78 is 5.36. The second-order valence-corrected chi connectivity index (χ2v) is 5.27. The molecule has 1 fully saturated rings. The smallest absolute Gasteiger partial charge is 0.305 e. The Morgan fingerprint density at radius 2 is 2.33 bits per heavy atom. The second-order valence-electron chi connectivity index (χ2n) is 5.27. The molecule has 0 bridgehead atoms. The van der Waals surface area contributed by atoms with Crippen molar-refractivity contribution < 1.29 is 14.6 Å². The van der Waals surface area contributed by atoms with Crippen molar-refractivity contribution in [2.24, 2.45) is 0 Å². The van der Waals surface area contributed by atoms with Crippen LogP contribution in [-0.2, 0) is 4.79 Å². The van der Waals surface area contributed by atoms with Crippen molar-refractivity contribution in [3.05, 3.63) is 30.5 Å². The molecule has 0 radical (unpaired) electrons. The molecular weight excluding hydrogens is 268 g/mol. The van der Waals surface area contributed by atoms with E-state index in [2.05, 4.69) is 9.88 Å². The molecule has 2 heterocycles. The van der Waals surface area contributed by atoms with Crippen molar-refractivity contribution in [3.8, 4) is 5.75 Å². The number of para-hydroxylation sites is 1. The van der Waals surface area contributed by atoms with E-state index < -0.39 is 5.97 Å². The molecule has 0 amide bonds. The number of methoxy groups -OCH3 is 1. The summed E-state index contributed by atoms with van der Waals surface area (Å²) in [5, 5.41) is 10.1. The van der Waals surface area contributed by atoms with Crippen LogP contribution in [0.1, 0.15) is 19.3 Å². The van der Waals surface area contributed by atoms with E-state index in [9.17, 15) is 4.79 Å². The van der Waals surface area contributed by atoms with Gasteiger partial charge < -0.3 is 14.7 Å². The number of aliphatic carboxylic acids is 1. The topological polar surface area (TPSA) is 62.7 Å². The first-order valence-corrected chi connectivity index (χ1v) is 7.11. The highest BCUT2D eigenvalue weighted by Crippen LogP contribution is 2.35. The van der Waals surface area contributed by atoms with Crippen LogP contribution in [0, 0.1) is 0 Å². The van der Waals surface area contributed by atoms with Crippen molar-refractivity contribution in [3.63, 3.8) is 0 Å². The van der Waals surface area contributed by atoms with Gasteiger partial charge in [0.2, 0.25) is 0 Å². The third-order valence-corrected chi connectivity index (χ3v) is 4.03. The first-order valence-electron chi connectivity index (χ1n) is 7.11. The molecule has 0 saturated carbocycles. The fraction of sp³-hybridized carbons (Fsp3) is 0.375. The van der Waals surface area contributed by atoms with Crippen LogP contribution in [0.3, 0.4) is 0 Å². The molecule has 0 aliphatic carbocycles. The van der Waals surface area contributed by atoms with E-state index in [-0.39, 0.29) is 12.5 Å². The standard InChI is InChI=1S/C16H18N2O3/c1-21-14-6-2-5-12-13(7-8-17-16(12)14)18-9-3-4-11(18)10-15(19)20/h2,5-8,11H,3-4,9-10H2,1H3,(H,19,20)/t11-/m1/s1. The van der Waals surface area contributed by atoms with Crippen molar-refractivity contribution >= 4 is 22.6 Å². The first-order chi connectivity index (χ1) is 10.2. The van der Waals surface area contributed by atoms with Crippen LogP contribution in [0.25, 0.3) is 10.9 Å². The maximum absolute atomic E-state index is 11.0. The lowest BCUT2D eigenvalue weighted by Crippen LogP contribution is -2.31. The Morgan fingerprint density at radius 1 is 1.48 bits per heavy atom. The average Bonchev–Trinajstić information content (AvgIpc) is 2.93. The minimum absolute atomic E-state index is 0.0549. The van der Waals surface area contributed by atoms with E-state index in [1.165, 1.54) is 0 Å². The fourth-order valence-corrected chi connectivity index (χ4v) is 3.12. The zero-order valence-electron chi connectivity index (χ0n) is 12.0. The molecule has 1 aliphatic rings. The lowest BCUT2D eigenvalue weighted by Gasteiger charge is -2.27. The average molecular weight is 286 g/mol. The number of carboxylic acids is 1. The Hall–Kier alpha value is -2.30. The number of aromatic nitrogens is 1. The van der Waals surface area contributed by atoms with E-state index in [1.54, 1.807) is 13.3 Å². The van der Waals surface area contributed by atoms with Crippen LogP contribution < -0.4 is 9.64 Å². The Balaban J connectivity index is 2.06. The van der Waals surface area contributed by atoms with Crippen LogP contribution in [-0.4, -0.2) is 35.8 Å². The van der Waals surface area contributed by atoms with Gasteiger partial charge in [0, 0.05) is 29.9 Å². The quantitative estimate of drug-likeness (QED) is 0.936. The van der Waals surface area contributed by atoms with E-state index in [0.29, 0.717) is 0 Å². The minimum atomic E-state index is -0.747. The van der Waals surface area contributed by atoms with Gasteiger partial charge in [-0.15, -0.1) is 0 Å². The SMILES string of the molecule is COc1cccc2c(N3CCC[C@@H]3CC(=O)O)ccnc12. The highest BCUT2D eigenvalue weighted by atomic mass is 16.5. The molecule has 1 saturated heterocycles. The van der Waals surface area contributed by atoms with Crippen LogP contribution in [0.2, 0.25) is 0 Å². The number of pyridine rings is 1. The number of anilines is 1. The number of nitrogens with zero attached hydrogens (tertiary/aromatic N) is 2. The Bertz CT molecular complexity index is 672. The number of benzene rings is 1. The molecule has 3 rings (SSSR count). The molecule has 0 spiro atoms. The van der Waals surface area contributed by atoms with Crippen LogP contribution in [0.4, 0.5) is 5.69 Å². The van der Waals surface area contributed by atoms with Gasteiger partial charge in [0.15, 0.2) is 0 Å². The molecule has 21 heavy (non-hydrogen) atoms. The van der Waals surface area contributed by atoms with Gasteiger partial charge in [-0.2, -0.15) is 0 Å². The van der Waals surface area contributed by atoms with Crippen LogP contribution >= 0.6 is 0 Å². The molecule has 0 unspecified atom stereocenters. The Labute approximate surface area is 123 Å². The van der Waals surface area contributed by atoms with Gasteiger partial charge in [0.05, 0.1) is 13.5 Å². The van der Waals surface area contributed by atoms with E-state index in [1.807, 2.05) is 24.3 Å². The summed E-state index contributed by atoms with van der Waals surface area (Å²) in [6, 6.07) is 7.85. The zero-order valence-corrected chi connectivity index (χ0v) is 12.0. The maximum Gasteiger partial charge on any atom is 0.305 e. The summed E-state index contributed by atoms with van der Waals surface area (Å²) in [6.07, 6.45) is 3.87. The minimum Gasteiger partial charge on any atom is -0.494 e. The predicted molar refractivity (Wildman–Crippen MR) is 80.9 cm³/mol. The highest BCUT2D eigenvalue weighted by molar-refractivity contribution is 5.95. The zero-order chi connectivity index (χ0) is 14.8. The normalized spacial score (nSPS) is 18.1. The second kappa shape index (κ2) is 5.60. The number of fused-ring (bicyclic) bond motifs is 1. The number of hydrogen-bond acceptors (Lipinski definition) is 4. The Kier molecular flexibility index (Phi) is 3.64.